The normalized spacial score (nSPS) is 13.4. The summed E-state index contributed by atoms with van der Waals surface area (Å²) in [7, 11) is -0.932. The van der Waals surface area contributed by atoms with Crippen molar-refractivity contribution in [1.82, 2.24) is 9.34 Å². The van der Waals surface area contributed by atoms with Crippen molar-refractivity contribution in [2.24, 2.45) is 5.41 Å². The summed E-state index contributed by atoms with van der Waals surface area (Å²) in [5.74, 6) is 0.666. The molecule has 7 heteroatoms. The van der Waals surface area contributed by atoms with Gasteiger partial charge in [0, 0.05) is 35.3 Å². The lowest BCUT2D eigenvalue weighted by Crippen LogP contribution is -2.43. The van der Waals surface area contributed by atoms with E-state index in [9.17, 15) is 4.79 Å². The Morgan fingerprint density at radius 2 is 1.36 bits per heavy atom. The zero-order valence-electron chi connectivity index (χ0n) is 20.1. The third-order valence-electron chi connectivity index (χ3n) is 4.66. The molecule has 0 rings (SSSR count). The fraction of sp³-hybridized carbons (Fsp3) is 0.952. The van der Waals surface area contributed by atoms with Crippen LogP contribution in [0.25, 0.3) is 0 Å². The van der Waals surface area contributed by atoms with Crippen LogP contribution in [-0.2, 0) is 14.1 Å². The quantitative estimate of drug-likeness (QED) is 0.185. The molecule has 168 valence electrons. The van der Waals surface area contributed by atoms with Crippen molar-refractivity contribution in [2.75, 3.05) is 19.2 Å². The Morgan fingerprint density at radius 3 is 1.71 bits per heavy atom. The summed E-state index contributed by atoms with van der Waals surface area (Å²) in [6, 6.07) is 1.54. The second-order valence-electron chi connectivity index (χ2n) is 8.92. The standard InChI is InChI=1S/C21H45N2O3PS/c1-12-21(10,11)20(24)28-14-13-25-15-26-27(22(16(2)3)17(4)5)23(18(6)7)19(8)9/h16-19H,12-15H2,1-11H3. The van der Waals surface area contributed by atoms with Crippen LogP contribution in [-0.4, -0.2) is 57.8 Å². The molecule has 0 amide bonds. The number of thioether (sulfide) groups is 1. The lowest BCUT2D eigenvalue weighted by Gasteiger charge is -2.45. The van der Waals surface area contributed by atoms with Crippen LogP contribution in [0.15, 0.2) is 0 Å². The van der Waals surface area contributed by atoms with Crippen molar-refractivity contribution in [2.45, 2.75) is 107 Å². The molecule has 0 saturated heterocycles. The first-order chi connectivity index (χ1) is 12.9. The third kappa shape index (κ3) is 9.40. The second-order valence-corrected chi connectivity index (χ2v) is 11.7. The minimum absolute atomic E-state index is 0.235. The first-order valence-electron chi connectivity index (χ1n) is 10.6. The zero-order valence-corrected chi connectivity index (χ0v) is 21.8. The van der Waals surface area contributed by atoms with E-state index in [1.807, 2.05) is 13.8 Å². The van der Waals surface area contributed by atoms with Crippen LogP contribution in [0.5, 0.6) is 0 Å². The number of carbonyl (C=O) groups is 1. The molecule has 28 heavy (non-hydrogen) atoms. The molecule has 0 aromatic rings. The van der Waals surface area contributed by atoms with Gasteiger partial charge in [-0.05, 0) is 61.8 Å². The highest BCUT2D eigenvalue weighted by atomic mass is 32.2. The molecule has 5 nitrogen and oxygen atoms in total. The summed E-state index contributed by atoms with van der Waals surface area (Å²) in [6.45, 7) is 24.6. The maximum atomic E-state index is 12.2. The Kier molecular flexibility index (Phi) is 13.7. The summed E-state index contributed by atoms with van der Waals surface area (Å²) in [4.78, 5) is 12.2. The van der Waals surface area contributed by atoms with Crippen LogP contribution in [0.2, 0.25) is 0 Å². The second kappa shape index (κ2) is 13.6. The van der Waals surface area contributed by atoms with Gasteiger partial charge >= 0.3 is 0 Å². The van der Waals surface area contributed by atoms with Crippen LogP contribution in [0.3, 0.4) is 0 Å². The monoisotopic (exact) mass is 436 g/mol. The van der Waals surface area contributed by atoms with Gasteiger partial charge in [-0.1, -0.05) is 32.5 Å². The highest BCUT2D eigenvalue weighted by Gasteiger charge is 2.34. The predicted octanol–water partition coefficient (Wildman–Crippen LogP) is 6.14. The van der Waals surface area contributed by atoms with Crippen LogP contribution >= 0.6 is 20.2 Å². The smallest absolute Gasteiger partial charge is 0.194 e. The van der Waals surface area contributed by atoms with Gasteiger partial charge in [-0.15, -0.1) is 0 Å². The van der Waals surface area contributed by atoms with E-state index < -0.39 is 8.45 Å². The van der Waals surface area contributed by atoms with E-state index in [0.717, 1.165) is 6.42 Å². The lowest BCUT2D eigenvalue weighted by atomic mass is 9.92. The molecule has 0 aromatic heterocycles. The Balaban J connectivity index is 4.80. The average molecular weight is 437 g/mol. The zero-order chi connectivity index (χ0) is 22.1. The van der Waals surface area contributed by atoms with E-state index >= 15 is 0 Å². The largest absolute Gasteiger partial charge is 0.354 e. The molecule has 0 atom stereocenters. The van der Waals surface area contributed by atoms with Crippen molar-refractivity contribution in [3.63, 3.8) is 0 Å². The molecule has 0 radical (unpaired) electrons. The maximum absolute atomic E-state index is 12.2. The van der Waals surface area contributed by atoms with Crippen LogP contribution in [0.1, 0.15) is 82.6 Å². The molecule has 0 saturated carbocycles. The molecule has 0 aromatic carbocycles. The van der Waals surface area contributed by atoms with Gasteiger partial charge in [0.05, 0.1) is 6.61 Å². The third-order valence-corrected chi connectivity index (χ3v) is 8.82. The molecule has 0 fully saturated rings. The summed E-state index contributed by atoms with van der Waals surface area (Å²) in [6.07, 6.45) is 0.855. The molecule has 0 spiro atoms. The first kappa shape index (κ1) is 28.3. The molecule has 0 aliphatic heterocycles. The molecule has 0 unspecified atom stereocenters. The molecule has 0 heterocycles. The molecule has 0 bridgehead atoms. The average Bonchev–Trinajstić information content (AvgIpc) is 2.55. The van der Waals surface area contributed by atoms with Gasteiger partial charge in [-0.3, -0.25) is 4.79 Å². The Morgan fingerprint density at radius 1 is 0.929 bits per heavy atom. The summed E-state index contributed by atoms with van der Waals surface area (Å²) in [5, 5.41) is 0.235. The Bertz CT molecular complexity index is 409. The van der Waals surface area contributed by atoms with E-state index in [-0.39, 0.29) is 17.3 Å². The fourth-order valence-corrected chi connectivity index (χ4v) is 6.09. The SMILES string of the molecule is CCC(C)(C)C(=O)SCCOCOP(N(C(C)C)C(C)C)N(C(C)C)C(C)C. The fourth-order valence-electron chi connectivity index (χ4n) is 2.91. The minimum atomic E-state index is -0.932. The topological polar surface area (TPSA) is 42.0 Å². The number of ether oxygens (including phenoxy) is 1. The predicted molar refractivity (Wildman–Crippen MR) is 125 cm³/mol. The highest BCUT2D eigenvalue weighted by Crippen LogP contribution is 2.50. The minimum Gasteiger partial charge on any atom is -0.354 e. The van der Waals surface area contributed by atoms with E-state index in [4.69, 9.17) is 9.26 Å². The van der Waals surface area contributed by atoms with Crippen molar-refractivity contribution < 1.29 is 14.1 Å². The van der Waals surface area contributed by atoms with Crippen molar-refractivity contribution in [3.05, 3.63) is 0 Å². The Hall–Kier alpha value is 0.290. The van der Waals surface area contributed by atoms with Crippen LogP contribution in [0.4, 0.5) is 0 Å². The number of hydrogen-bond acceptors (Lipinski definition) is 6. The Labute approximate surface area is 180 Å². The van der Waals surface area contributed by atoms with E-state index in [2.05, 4.69) is 71.7 Å². The van der Waals surface area contributed by atoms with E-state index in [1.165, 1.54) is 11.8 Å². The number of hydrogen-bond donors (Lipinski definition) is 0. The number of nitrogens with zero attached hydrogens (tertiary/aromatic N) is 2. The van der Waals surface area contributed by atoms with Gasteiger partial charge < -0.3 is 9.26 Å². The van der Waals surface area contributed by atoms with Crippen molar-refractivity contribution in [1.29, 1.82) is 0 Å². The molecule has 0 aliphatic carbocycles. The van der Waals surface area contributed by atoms with E-state index in [1.54, 1.807) is 0 Å². The lowest BCUT2D eigenvalue weighted by molar-refractivity contribution is -0.118. The van der Waals surface area contributed by atoms with Gasteiger partial charge in [0.1, 0.15) is 0 Å². The number of carbonyl (C=O) groups excluding carboxylic acids is 1. The van der Waals surface area contributed by atoms with Gasteiger partial charge in [-0.2, -0.15) is 0 Å². The van der Waals surface area contributed by atoms with Gasteiger partial charge in [0.2, 0.25) is 0 Å². The van der Waals surface area contributed by atoms with Gasteiger partial charge in [-0.25, -0.2) is 9.34 Å². The maximum Gasteiger partial charge on any atom is 0.194 e. The number of rotatable bonds is 14. The van der Waals surface area contributed by atoms with Crippen LogP contribution < -0.4 is 0 Å². The highest BCUT2D eigenvalue weighted by molar-refractivity contribution is 8.13. The molecular weight excluding hydrogens is 391 g/mol. The molecule has 0 N–H and O–H groups in total. The summed E-state index contributed by atoms with van der Waals surface area (Å²) >= 11 is 1.36. The summed E-state index contributed by atoms with van der Waals surface area (Å²) < 4.78 is 16.9. The van der Waals surface area contributed by atoms with Crippen molar-refractivity contribution in [3.8, 4) is 0 Å². The van der Waals surface area contributed by atoms with Gasteiger partial charge in [0.15, 0.2) is 20.4 Å². The van der Waals surface area contributed by atoms with Crippen LogP contribution in [0, 0.1) is 5.41 Å². The first-order valence-corrected chi connectivity index (χ1v) is 12.8. The van der Waals surface area contributed by atoms with Gasteiger partial charge in [0.25, 0.3) is 0 Å². The molecular formula is C21H45N2O3PS. The van der Waals surface area contributed by atoms with Crippen molar-refractivity contribution >= 4 is 25.3 Å². The molecule has 0 aliphatic rings. The summed E-state index contributed by atoms with van der Waals surface area (Å²) in [5.41, 5.74) is -0.264. The van der Waals surface area contributed by atoms with E-state index in [0.29, 0.717) is 36.5 Å².